The number of hydrogen-bond acceptors (Lipinski definition) is 3. The lowest BCUT2D eigenvalue weighted by Gasteiger charge is -2.34. The topological polar surface area (TPSA) is 55.2 Å². The maximum Gasteiger partial charge on any atom is 0.266 e. The molecular formula is C27H32ClN3O2. The van der Waals surface area contributed by atoms with Crippen molar-refractivity contribution in [2.75, 3.05) is 6.54 Å². The van der Waals surface area contributed by atoms with Crippen LogP contribution in [0.4, 0.5) is 0 Å². The van der Waals surface area contributed by atoms with Gasteiger partial charge >= 0.3 is 0 Å². The summed E-state index contributed by atoms with van der Waals surface area (Å²) in [5.41, 5.74) is 2.13. The molecule has 3 aromatic rings. The summed E-state index contributed by atoms with van der Waals surface area (Å²) in [7, 11) is 0. The van der Waals surface area contributed by atoms with E-state index < -0.39 is 0 Å². The van der Waals surface area contributed by atoms with Crippen LogP contribution < -0.4 is 5.56 Å². The van der Waals surface area contributed by atoms with Crippen molar-refractivity contribution in [1.29, 1.82) is 0 Å². The normalized spacial score (nSPS) is 15.3. The number of hydrogen-bond donors (Lipinski definition) is 0. The van der Waals surface area contributed by atoms with E-state index in [1.54, 1.807) is 16.7 Å². The second-order valence-electron chi connectivity index (χ2n) is 9.60. The minimum atomic E-state index is -0.354. The Morgan fingerprint density at radius 3 is 2.52 bits per heavy atom. The summed E-state index contributed by atoms with van der Waals surface area (Å²) in [5, 5.41) is 1.17. The number of halogens is 1. The van der Waals surface area contributed by atoms with E-state index in [4.69, 9.17) is 16.6 Å². The summed E-state index contributed by atoms with van der Waals surface area (Å²) >= 11 is 6.21. The van der Waals surface area contributed by atoms with Gasteiger partial charge in [0, 0.05) is 17.5 Å². The Labute approximate surface area is 200 Å². The largest absolute Gasteiger partial charge is 0.332 e. The van der Waals surface area contributed by atoms with Crippen LogP contribution in [0.5, 0.6) is 0 Å². The molecule has 33 heavy (non-hydrogen) atoms. The predicted octanol–water partition coefficient (Wildman–Crippen LogP) is 6.08. The van der Waals surface area contributed by atoms with Crippen LogP contribution in [0.1, 0.15) is 63.9 Å². The van der Waals surface area contributed by atoms with Gasteiger partial charge in [0.1, 0.15) is 5.82 Å². The number of carbonyl (C=O) groups is 1. The molecule has 6 heteroatoms. The fourth-order valence-corrected chi connectivity index (χ4v) is 5.14. The van der Waals surface area contributed by atoms with Gasteiger partial charge in [-0.1, -0.05) is 50.4 Å². The summed E-state index contributed by atoms with van der Waals surface area (Å²) in [5.74, 6) is 1.12. The molecule has 1 aromatic heterocycles. The predicted molar refractivity (Wildman–Crippen MR) is 134 cm³/mol. The quantitative estimate of drug-likeness (QED) is 0.443. The molecule has 1 unspecified atom stereocenters. The molecule has 0 aliphatic heterocycles. The SMILES string of the molecule is Cc1cc(Cl)ccc1-n1c(C(C)N(CC(C)C)C(=O)C2CCCC2)nc2ccccc2c1=O. The van der Waals surface area contributed by atoms with Crippen LogP contribution in [0, 0.1) is 18.8 Å². The van der Waals surface area contributed by atoms with E-state index in [0.717, 1.165) is 36.9 Å². The van der Waals surface area contributed by atoms with Gasteiger partial charge in [0.2, 0.25) is 5.91 Å². The lowest BCUT2D eigenvalue weighted by Crippen LogP contribution is -2.42. The monoisotopic (exact) mass is 465 g/mol. The molecule has 1 aliphatic carbocycles. The molecule has 1 amide bonds. The second-order valence-corrected chi connectivity index (χ2v) is 10.0. The number of nitrogens with zero attached hydrogens (tertiary/aromatic N) is 3. The maximum atomic E-state index is 13.7. The maximum absolute atomic E-state index is 13.7. The van der Waals surface area contributed by atoms with Crippen molar-refractivity contribution in [1.82, 2.24) is 14.5 Å². The zero-order valence-electron chi connectivity index (χ0n) is 19.8. The van der Waals surface area contributed by atoms with Gasteiger partial charge < -0.3 is 4.90 Å². The van der Waals surface area contributed by atoms with Crippen molar-refractivity contribution in [3.8, 4) is 5.69 Å². The Hall–Kier alpha value is -2.66. The Balaban J connectivity index is 1.92. The highest BCUT2D eigenvalue weighted by Gasteiger charge is 2.33. The molecule has 0 N–H and O–H groups in total. The van der Waals surface area contributed by atoms with Crippen LogP contribution in [0.25, 0.3) is 16.6 Å². The summed E-state index contributed by atoms with van der Waals surface area (Å²) < 4.78 is 1.67. The molecule has 1 fully saturated rings. The van der Waals surface area contributed by atoms with Crippen LogP contribution in [0.2, 0.25) is 5.02 Å². The molecular weight excluding hydrogens is 434 g/mol. The second kappa shape index (κ2) is 9.68. The number of aryl methyl sites for hydroxylation is 1. The summed E-state index contributed by atoms with van der Waals surface area (Å²) in [4.78, 5) is 34.2. The number of carbonyl (C=O) groups excluding carboxylic acids is 1. The number of para-hydroxylation sites is 1. The van der Waals surface area contributed by atoms with E-state index >= 15 is 0 Å². The lowest BCUT2D eigenvalue weighted by molar-refractivity contribution is -0.138. The smallest absolute Gasteiger partial charge is 0.266 e. The van der Waals surface area contributed by atoms with Gasteiger partial charge in [0.05, 0.1) is 22.6 Å². The fraction of sp³-hybridized carbons (Fsp3) is 0.444. The first kappa shape index (κ1) is 23.5. The van der Waals surface area contributed by atoms with Crippen molar-refractivity contribution in [2.45, 2.75) is 59.4 Å². The van der Waals surface area contributed by atoms with Crippen molar-refractivity contribution in [3.63, 3.8) is 0 Å². The number of aromatic nitrogens is 2. The molecule has 4 rings (SSSR count). The summed E-state index contributed by atoms with van der Waals surface area (Å²) in [6.45, 7) is 8.79. The third kappa shape index (κ3) is 4.70. The highest BCUT2D eigenvalue weighted by molar-refractivity contribution is 6.30. The van der Waals surface area contributed by atoms with Gasteiger partial charge in [0.25, 0.3) is 5.56 Å². The van der Waals surface area contributed by atoms with Gasteiger partial charge in [-0.3, -0.25) is 14.2 Å². The first-order valence-electron chi connectivity index (χ1n) is 11.9. The molecule has 0 saturated heterocycles. The third-order valence-corrected chi connectivity index (χ3v) is 6.83. The van der Waals surface area contributed by atoms with E-state index in [1.807, 2.05) is 49.1 Å². The van der Waals surface area contributed by atoms with Crippen LogP contribution in [0.3, 0.4) is 0 Å². The Kier molecular flexibility index (Phi) is 6.89. The zero-order chi connectivity index (χ0) is 23.7. The van der Waals surface area contributed by atoms with Crippen molar-refractivity contribution in [3.05, 3.63) is 69.2 Å². The Bertz CT molecular complexity index is 1230. The van der Waals surface area contributed by atoms with Gasteiger partial charge in [-0.15, -0.1) is 0 Å². The Morgan fingerprint density at radius 1 is 1.15 bits per heavy atom. The van der Waals surface area contributed by atoms with Gasteiger partial charge in [-0.25, -0.2) is 4.98 Å². The first-order chi connectivity index (χ1) is 15.8. The molecule has 1 heterocycles. The highest BCUT2D eigenvalue weighted by Crippen LogP contribution is 2.32. The van der Waals surface area contributed by atoms with Gasteiger partial charge in [-0.2, -0.15) is 0 Å². The van der Waals surface area contributed by atoms with E-state index in [1.165, 1.54) is 0 Å². The third-order valence-electron chi connectivity index (χ3n) is 6.59. The molecule has 2 aromatic carbocycles. The lowest BCUT2D eigenvalue weighted by atomic mass is 10.0. The number of rotatable bonds is 6. The van der Waals surface area contributed by atoms with E-state index in [9.17, 15) is 9.59 Å². The fourth-order valence-electron chi connectivity index (χ4n) is 4.91. The van der Waals surface area contributed by atoms with Crippen LogP contribution in [-0.2, 0) is 4.79 Å². The van der Waals surface area contributed by atoms with Gasteiger partial charge in [-0.05, 0) is 68.5 Å². The zero-order valence-corrected chi connectivity index (χ0v) is 20.6. The molecule has 0 radical (unpaired) electrons. The first-order valence-corrected chi connectivity index (χ1v) is 12.2. The number of fused-ring (bicyclic) bond motifs is 1. The minimum Gasteiger partial charge on any atom is -0.332 e. The molecule has 0 spiro atoms. The molecule has 1 saturated carbocycles. The number of benzene rings is 2. The average molecular weight is 466 g/mol. The summed E-state index contributed by atoms with van der Waals surface area (Å²) in [6.07, 6.45) is 4.08. The minimum absolute atomic E-state index is 0.0593. The van der Waals surface area contributed by atoms with Crippen molar-refractivity contribution < 1.29 is 4.79 Å². The van der Waals surface area contributed by atoms with Crippen LogP contribution in [-0.4, -0.2) is 26.9 Å². The number of amides is 1. The Morgan fingerprint density at radius 2 is 1.85 bits per heavy atom. The molecule has 1 aliphatic rings. The summed E-state index contributed by atoms with van der Waals surface area (Å²) in [6, 6.07) is 12.5. The van der Waals surface area contributed by atoms with Crippen LogP contribution >= 0.6 is 11.6 Å². The molecule has 1 atom stereocenters. The average Bonchev–Trinajstić information content (AvgIpc) is 3.32. The molecule has 0 bridgehead atoms. The van der Waals surface area contributed by atoms with E-state index in [2.05, 4.69) is 13.8 Å². The standard InChI is InChI=1S/C27H32ClN3O2/c1-17(2)16-30(26(32)20-9-5-6-10-20)19(4)25-29-23-12-8-7-11-22(23)27(33)31(25)24-14-13-21(28)15-18(24)3/h7-8,11-15,17,19-20H,5-6,9-10,16H2,1-4H3. The highest BCUT2D eigenvalue weighted by atomic mass is 35.5. The van der Waals surface area contributed by atoms with Crippen molar-refractivity contribution >= 4 is 28.4 Å². The van der Waals surface area contributed by atoms with E-state index in [0.29, 0.717) is 34.2 Å². The molecule has 174 valence electrons. The van der Waals surface area contributed by atoms with Crippen LogP contribution in [0.15, 0.2) is 47.3 Å². The molecule has 5 nitrogen and oxygen atoms in total. The van der Waals surface area contributed by atoms with E-state index in [-0.39, 0.29) is 23.4 Å². The van der Waals surface area contributed by atoms with Crippen molar-refractivity contribution in [2.24, 2.45) is 11.8 Å². The van der Waals surface area contributed by atoms with Gasteiger partial charge in [0.15, 0.2) is 0 Å².